The zero-order valence-corrected chi connectivity index (χ0v) is 24.0. The van der Waals surface area contributed by atoms with Gasteiger partial charge in [-0.05, 0) is 71.8 Å². The molecule has 206 valence electrons. The third-order valence-corrected chi connectivity index (χ3v) is 9.64. The number of para-hydroxylation sites is 2. The smallest absolute Gasteiger partial charge is 0.307 e. The molecule has 0 aliphatic carbocycles. The van der Waals surface area contributed by atoms with E-state index in [1.807, 2.05) is 47.7 Å². The normalized spacial score (nSPS) is 12.1. The fraction of sp³-hybridized carbons (Fsp3) is 0. The predicted molar refractivity (Wildman–Crippen MR) is 180 cm³/mol. The molecule has 0 saturated heterocycles. The van der Waals surface area contributed by atoms with Crippen LogP contribution in [0, 0.1) is 0 Å². The van der Waals surface area contributed by atoms with Crippen molar-refractivity contribution in [1.29, 1.82) is 0 Å². The summed E-state index contributed by atoms with van der Waals surface area (Å²) in [6, 6.07) is 44.6. The largest absolute Gasteiger partial charge is 0.436 e. The molecule has 0 fully saturated rings. The Balaban J connectivity index is 1.05. The maximum Gasteiger partial charge on any atom is 0.307 e. The van der Waals surface area contributed by atoms with Gasteiger partial charge in [0.05, 0.1) is 11.0 Å². The summed E-state index contributed by atoms with van der Waals surface area (Å²) in [4.78, 5) is 9.81. The maximum absolute atomic E-state index is 6.30. The van der Waals surface area contributed by atoms with Gasteiger partial charge in [0.15, 0.2) is 11.2 Å². The van der Waals surface area contributed by atoms with Crippen molar-refractivity contribution in [2.75, 3.05) is 0 Å². The van der Waals surface area contributed by atoms with Crippen LogP contribution in [0.15, 0.2) is 136 Å². The highest BCUT2D eigenvalue weighted by molar-refractivity contribution is 7.25. The van der Waals surface area contributed by atoms with Gasteiger partial charge in [-0.25, -0.2) is 4.98 Å². The Hall–Kier alpha value is -5.72. The molecule has 0 bridgehead atoms. The van der Waals surface area contributed by atoms with Gasteiger partial charge in [0.2, 0.25) is 5.89 Å². The van der Waals surface area contributed by atoms with E-state index in [0.717, 1.165) is 44.3 Å². The molecular formula is C38H21N3O2S. The SMILES string of the molecule is c1ccc2c(c1)sc1ccc(-c3ccc4oc(-c5ccc6oc(-n7c8ccccc8c8ccccc87)nc6c5)nc4c3)cc12. The first-order valence-corrected chi connectivity index (χ1v) is 15.3. The van der Waals surface area contributed by atoms with E-state index in [1.54, 1.807) is 0 Å². The molecule has 0 aliphatic rings. The summed E-state index contributed by atoms with van der Waals surface area (Å²) in [5.74, 6) is 0.555. The highest BCUT2D eigenvalue weighted by Crippen LogP contribution is 2.38. The molecule has 44 heavy (non-hydrogen) atoms. The number of oxazole rings is 2. The molecule has 0 saturated carbocycles. The summed E-state index contributed by atoms with van der Waals surface area (Å²) in [7, 11) is 0. The van der Waals surface area contributed by atoms with Gasteiger partial charge in [0.1, 0.15) is 11.0 Å². The molecule has 10 aromatic rings. The van der Waals surface area contributed by atoms with Crippen molar-refractivity contribution < 1.29 is 8.83 Å². The first-order chi connectivity index (χ1) is 21.8. The second-order valence-electron chi connectivity index (χ2n) is 11.1. The van der Waals surface area contributed by atoms with Crippen LogP contribution in [-0.4, -0.2) is 14.5 Å². The van der Waals surface area contributed by atoms with Gasteiger partial charge in [-0.15, -0.1) is 11.3 Å². The summed E-state index contributed by atoms with van der Waals surface area (Å²) in [5.41, 5.74) is 8.26. The predicted octanol–water partition coefficient (Wildman–Crippen LogP) is 10.8. The monoisotopic (exact) mass is 583 g/mol. The fourth-order valence-corrected chi connectivity index (χ4v) is 7.50. The van der Waals surface area contributed by atoms with Crippen molar-refractivity contribution in [3.05, 3.63) is 127 Å². The van der Waals surface area contributed by atoms with E-state index < -0.39 is 0 Å². The first-order valence-electron chi connectivity index (χ1n) is 14.5. The summed E-state index contributed by atoms with van der Waals surface area (Å²) >= 11 is 1.83. The molecule has 4 aromatic heterocycles. The van der Waals surface area contributed by atoms with E-state index in [2.05, 4.69) is 95.6 Å². The number of hydrogen-bond donors (Lipinski definition) is 0. The number of fused-ring (bicyclic) bond motifs is 8. The standard InChI is InChI=1S/C38H21N3O2S/c1-4-10-31-25(7-1)26-8-2-5-11-32(26)41(31)38-40-30-21-24(14-17-34(30)43-38)37-39-29-20-23(13-16-33(29)42-37)22-15-18-36-28(19-22)27-9-3-6-12-35(27)44-36/h1-21H. The highest BCUT2D eigenvalue weighted by atomic mass is 32.1. The van der Waals surface area contributed by atoms with Gasteiger partial charge in [-0.2, -0.15) is 4.98 Å². The molecule has 0 aliphatic heterocycles. The third-order valence-electron chi connectivity index (χ3n) is 8.49. The second kappa shape index (κ2) is 8.89. The average Bonchev–Trinajstić information content (AvgIpc) is 3.84. The molecule has 0 N–H and O–H groups in total. The van der Waals surface area contributed by atoms with Gasteiger partial charge >= 0.3 is 6.01 Å². The molecule has 5 nitrogen and oxygen atoms in total. The second-order valence-corrected chi connectivity index (χ2v) is 12.1. The Morgan fingerprint density at radius 1 is 0.477 bits per heavy atom. The van der Waals surface area contributed by atoms with E-state index >= 15 is 0 Å². The lowest BCUT2D eigenvalue weighted by atomic mass is 10.0. The number of benzene rings is 6. The lowest BCUT2D eigenvalue weighted by Crippen LogP contribution is -1.93. The van der Waals surface area contributed by atoms with Gasteiger partial charge in [-0.3, -0.25) is 4.57 Å². The van der Waals surface area contributed by atoms with Gasteiger partial charge in [-0.1, -0.05) is 66.7 Å². The topological polar surface area (TPSA) is 57.0 Å². The van der Waals surface area contributed by atoms with Crippen molar-refractivity contribution in [3.63, 3.8) is 0 Å². The molecule has 0 radical (unpaired) electrons. The van der Waals surface area contributed by atoms with E-state index in [1.165, 1.54) is 30.9 Å². The fourth-order valence-electron chi connectivity index (χ4n) is 6.41. The van der Waals surface area contributed by atoms with Crippen LogP contribution >= 0.6 is 11.3 Å². The van der Waals surface area contributed by atoms with Crippen LogP contribution in [0.1, 0.15) is 0 Å². The zero-order valence-electron chi connectivity index (χ0n) is 23.2. The Bertz CT molecular complexity index is 2690. The van der Waals surface area contributed by atoms with Gasteiger partial charge in [0, 0.05) is 36.5 Å². The maximum atomic E-state index is 6.30. The Labute approximate surface area is 254 Å². The van der Waals surface area contributed by atoms with Crippen LogP contribution in [0.2, 0.25) is 0 Å². The average molecular weight is 584 g/mol. The minimum atomic E-state index is 0.534. The Kier molecular flexibility index (Phi) is 4.81. The molecule has 6 aromatic carbocycles. The lowest BCUT2D eigenvalue weighted by molar-refractivity contribution is 0.574. The quantitative estimate of drug-likeness (QED) is 0.208. The minimum Gasteiger partial charge on any atom is -0.436 e. The van der Waals surface area contributed by atoms with Crippen LogP contribution < -0.4 is 0 Å². The number of rotatable bonds is 3. The number of aromatic nitrogens is 3. The third kappa shape index (κ3) is 3.46. The van der Waals surface area contributed by atoms with Crippen LogP contribution in [0.5, 0.6) is 0 Å². The minimum absolute atomic E-state index is 0.534. The van der Waals surface area contributed by atoms with E-state index in [9.17, 15) is 0 Å². The van der Waals surface area contributed by atoms with Crippen molar-refractivity contribution in [3.8, 4) is 28.6 Å². The van der Waals surface area contributed by atoms with Crippen molar-refractivity contribution in [2.45, 2.75) is 0 Å². The lowest BCUT2D eigenvalue weighted by Gasteiger charge is -2.02. The molecule has 0 unspecified atom stereocenters. The number of nitrogens with zero attached hydrogens (tertiary/aromatic N) is 3. The summed E-state index contributed by atoms with van der Waals surface area (Å²) < 4.78 is 17.2. The Morgan fingerprint density at radius 2 is 1.07 bits per heavy atom. The van der Waals surface area contributed by atoms with Crippen LogP contribution in [0.3, 0.4) is 0 Å². The molecule has 0 atom stereocenters. The first kappa shape index (κ1) is 23.8. The molecule has 6 heteroatoms. The number of hydrogen-bond acceptors (Lipinski definition) is 5. The highest BCUT2D eigenvalue weighted by Gasteiger charge is 2.18. The van der Waals surface area contributed by atoms with Crippen molar-refractivity contribution in [1.82, 2.24) is 14.5 Å². The van der Waals surface area contributed by atoms with E-state index in [-0.39, 0.29) is 0 Å². The molecule has 4 heterocycles. The summed E-state index contributed by atoms with van der Waals surface area (Å²) in [5, 5.41) is 4.91. The van der Waals surface area contributed by atoms with Gasteiger partial charge in [0.25, 0.3) is 0 Å². The van der Waals surface area contributed by atoms with Crippen molar-refractivity contribution in [2.24, 2.45) is 0 Å². The molecule has 0 amide bonds. The van der Waals surface area contributed by atoms with E-state index in [0.29, 0.717) is 17.5 Å². The molecular weight excluding hydrogens is 563 g/mol. The van der Waals surface area contributed by atoms with E-state index in [4.69, 9.17) is 18.8 Å². The number of thiophene rings is 1. The zero-order chi connectivity index (χ0) is 28.8. The summed E-state index contributed by atoms with van der Waals surface area (Å²) in [6.45, 7) is 0. The van der Waals surface area contributed by atoms with Crippen LogP contribution in [0.25, 0.3) is 92.8 Å². The Morgan fingerprint density at radius 3 is 1.89 bits per heavy atom. The molecule has 10 rings (SSSR count). The van der Waals surface area contributed by atoms with Gasteiger partial charge < -0.3 is 8.83 Å². The summed E-state index contributed by atoms with van der Waals surface area (Å²) in [6.07, 6.45) is 0. The van der Waals surface area contributed by atoms with Crippen molar-refractivity contribution >= 4 is 75.5 Å². The molecule has 0 spiro atoms. The van der Waals surface area contributed by atoms with Crippen LogP contribution in [-0.2, 0) is 0 Å². The van der Waals surface area contributed by atoms with Crippen LogP contribution in [0.4, 0.5) is 0 Å².